The molecule has 1 fully saturated rings. The van der Waals surface area contributed by atoms with Crippen LogP contribution in [0.1, 0.15) is 25.3 Å². The molecule has 0 aliphatic carbocycles. The molecule has 0 bridgehead atoms. The van der Waals surface area contributed by atoms with Crippen molar-refractivity contribution in [3.63, 3.8) is 0 Å². The number of hydrogen-bond acceptors (Lipinski definition) is 4. The monoisotopic (exact) mass is 299 g/mol. The molecule has 5 nitrogen and oxygen atoms in total. The molecule has 0 saturated carbocycles. The van der Waals surface area contributed by atoms with Crippen LogP contribution >= 0.6 is 12.4 Å². The summed E-state index contributed by atoms with van der Waals surface area (Å²) in [6.07, 6.45) is 2.28. The Labute approximate surface area is 125 Å². The quantitative estimate of drug-likeness (QED) is 0.685. The standard InChI is InChI=1S/C14H21N3O2.ClH/c1-11(15)12-6-4-8-16(9-12)10-13-5-2-3-7-14(13)17(18)19;/h2-3,5,7,11-12H,4,6,8-10,15H2,1H3;1H. The predicted octanol–water partition coefficient (Wildman–Crippen LogP) is 2.58. The van der Waals surface area contributed by atoms with Crippen molar-refractivity contribution in [2.75, 3.05) is 13.1 Å². The Kier molecular flexibility index (Phi) is 6.39. The van der Waals surface area contributed by atoms with E-state index in [1.807, 2.05) is 19.1 Å². The zero-order chi connectivity index (χ0) is 13.8. The minimum absolute atomic E-state index is 0. The van der Waals surface area contributed by atoms with Gasteiger partial charge in [-0.3, -0.25) is 15.0 Å². The van der Waals surface area contributed by atoms with Crippen LogP contribution in [0.2, 0.25) is 0 Å². The number of halogens is 1. The van der Waals surface area contributed by atoms with Gasteiger partial charge in [0.1, 0.15) is 0 Å². The van der Waals surface area contributed by atoms with E-state index in [2.05, 4.69) is 4.90 Å². The van der Waals surface area contributed by atoms with Gasteiger partial charge in [0.2, 0.25) is 0 Å². The van der Waals surface area contributed by atoms with E-state index in [1.54, 1.807) is 12.1 Å². The van der Waals surface area contributed by atoms with Gasteiger partial charge in [0.05, 0.1) is 4.92 Å². The third-order valence-electron chi connectivity index (χ3n) is 3.87. The summed E-state index contributed by atoms with van der Waals surface area (Å²) in [6.45, 7) is 4.61. The van der Waals surface area contributed by atoms with Crippen molar-refractivity contribution in [2.45, 2.75) is 32.4 Å². The summed E-state index contributed by atoms with van der Waals surface area (Å²) in [4.78, 5) is 13.0. The van der Waals surface area contributed by atoms with Gasteiger partial charge in [0.15, 0.2) is 0 Å². The number of para-hydroxylation sites is 1. The van der Waals surface area contributed by atoms with Gasteiger partial charge >= 0.3 is 0 Å². The molecule has 0 spiro atoms. The molecular formula is C14H22ClN3O2. The summed E-state index contributed by atoms with van der Waals surface area (Å²) in [5, 5.41) is 11.0. The fourth-order valence-corrected chi connectivity index (χ4v) is 2.73. The summed E-state index contributed by atoms with van der Waals surface area (Å²) in [6, 6.07) is 7.17. The number of nitro benzene ring substituents is 1. The average molecular weight is 300 g/mol. The van der Waals surface area contributed by atoms with E-state index in [4.69, 9.17) is 5.73 Å². The molecule has 0 amide bonds. The normalized spacial score (nSPS) is 21.0. The maximum absolute atomic E-state index is 11.0. The maximum atomic E-state index is 11.0. The molecule has 0 aromatic heterocycles. The number of nitro groups is 1. The molecule has 2 unspecified atom stereocenters. The lowest BCUT2D eigenvalue weighted by Crippen LogP contribution is -2.41. The second-order valence-electron chi connectivity index (χ2n) is 5.38. The van der Waals surface area contributed by atoms with Crippen LogP contribution < -0.4 is 5.73 Å². The van der Waals surface area contributed by atoms with Crippen molar-refractivity contribution in [1.29, 1.82) is 0 Å². The van der Waals surface area contributed by atoms with Gasteiger partial charge in [-0.2, -0.15) is 0 Å². The van der Waals surface area contributed by atoms with Crippen molar-refractivity contribution < 1.29 is 4.92 Å². The van der Waals surface area contributed by atoms with Crippen molar-refractivity contribution in [3.05, 3.63) is 39.9 Å². The summed E-state index contributed by atoms with van der Waals surface area (Å²) in [5.41, 5.74) is 6.97. The lowest BCUT2D eigenvalue weighted by molar-refractivity contribution is -0.385. The van der Waals surface area contributed by atoms with Crippen LogP contribution in [0.4, 0.5) is 5.69 Å². The number of benzene rings is 1. The van der Waals surface area contributed by atoms with E-state index in [-0.39, 0.29) is 29.1 Å². The first-order chi connectivity index (χ1) is 9.08. The van der Waals surface area contributed by atoms with Gasteiger partial charge in [-0.05, 0) is 32.2 Å². The van der Waals surface area contributed by atoms with E-state index in [9.17, 15) is 10.1 Å². The van der Waals surface area contributed by atoms with Gasteiger partial charge in [0.25, 0.3) is 5.69 Å². The van der Waals surface area contributed by atoms with Crippen LogP contribution in [0.3, 0.4) is 0 Å². The molecule has 20 heavy (non-hydrogen) atoms. The highest BCUT2D eigenvalue weighted by Gasteiger charge is 2.24. The highest BCUT2D eigenvalue weighted by Crippen LogP contribution is 2.24. The summed E-state index contributed by atoms with van der Waals surface area (Å²) < 4.78 is 0. The fourth-order valence-electron chi connectivity index (χ4n) is 2.73. The SMILES string of the molecule is CC(N)C1CCCN(Cc2ccccc2[N+](=O)[O-])C1.Cl. The fraction of sp³-hybridized carbons (Fsp3) is 0.571. The molecule has 1 aliphatic rings. The second kappa shape index (κ2) is 7.57. The summed E-state index contributed by atoms with van der Waals surface area (Å²) in [7, 11) is 0. The Morgan fingerprint density at radius 3 is 2.85 bits per heavy atom. The van der Waals surface area contributed by atoms with Crippen LogP contribution in [0.5, 0.6) is 0 Å². The Morgan fingerprint density at radius 2 is 2.20 bits per heavy atom. The van der Waals surface area contributed by atoms with E-state index < -0.39 is 0 Å². The van der Waals surface area contributed by atoms with Gasteiger partial charge in [-0.25, -0.2) is 0 Å². The lowest BCUT2D eigenvalue weighted by atomic mass is 9.92. The Morgan fingerprint density at radius 1 is 1.50 bits per heavy atom. The van der Waals surface area contributed by atoms with Crippen molar-refractivity contribution in [1.82, 2.24) is 4.90 Å². The van der Waals surface area contributed by atoms with Crippen LogP contribution in [0.25, 0.3) is 0 Å². The van der Waals surface area contributed by atoms with E-state index >= 15 is 0 Å². The highest BCUT2D eigenvalue weighted by molar-refractivity contribution is 5.85. The number of rotatable bonds is 4. The molecule has 2 rings (SSSR count). The predicted molar refractivity (Wildman–Crippen MR) is 82.0 cm³/mol. The largest absolute Gasteiger partial charge is 0.328 e. The number of hydrogen-bond donors (Lipinski definition) is 1. The molecule has 112 valence electrons. The molecule has 0 radical (unpaired) electrons. The smallest absolute Gasteiger partial charge is 0.273 e. The molecule has 1 saturated heterocycles. The summed E-state index contributed by atoms with van der Waals surface area (Å²) in [5.74, 6) is 0.497. The van der Waals surface area contributed by atoms with Crippen LogP contribution in [-0.2, 0) is 6.54 Å². The molecule has 2 atom stereocenters. The number of likely N-dealkylation sites (tertiary alicyclic amines) is 1. The zero-order valence-corrected chi connectivity index (χ0v) is 12.5. The van der Waals surface area contributed by atoms with Gasteiger partial charge in [-0.1, -0.05) is 18.2 Å². The molecular weight excluding hydrogens is 278 g/mol. The van der Waals surface area contributed by atoms with E-state index in [0.717, 1.165) is 31.5 Å². The molecule has 1 aliphatic heterocycles. The number of piperidine rings is 1. The average Bonchev–Trinajstić information content (AvgIpc) is 2.39. The first kappa shape index (κ1) is 16.9. The van der Waals surface area contributed by atoms with Crippen LogP contribution in [-0.4, -0.2) is 29.0 Å². The zero-order valence-electron chi connectivity index (χ0n) is 11.7. The number of nitrogens with two attached hydrogens (primary N) is 1. The first-order valence-electron chi connectivity index (χ1n) is 6.78. The minimum atomic E-state index is -0.303. The van der Waals surface area contributed by atoms with E-state index in [0.29, 0.717) is 12.5 Å². The van der Waals surface area contributed by atoms with Crippen LogP contribution in [0.15, 0.2) is 24.3 Å². The third kappa shape index (κ3) is 4.16. The van der Waals surface area contributed by atoms with Gasteiger partial charge in [0, 0.05) is 30.8 Å². The van der Waals surface area contributed by atoms with Crippen molar-refractivity contribution in [2.24, 2.45) is 11.7 Å². The Bertz CT molecular complexity index is 454. The second-order valence-corrected chi connectivity index (χ2v) is 5.38. The summed E-state index contributed by atoms with van der Waals surface area (Å²) >= 11 is 0. The molecule has 2 N–H and O–H groups in total. The Balaban J connectivity index is 0.00000200. The lowest BCUT2D eigenvalue weighted by Gasteiger charge is -2.34. The highest BCUT2D eigenvalue weighted by atomic mass is 35.5. The van der Waals surface area contributed by atoms with Crippen molar-refractivity contribution >= 4 is 18.1 Å². The molecule has 1 aromatic carbocycles. The van der Waals surface area contributed by atoms with Crippen molar-refractivity contribution in [3.8, 4) is 0 Å². The number of nitrogens with zero attached hydrogens (tertiary/aromatic N) is 2. The minimum Gasteiger partial charge on any atom is -0.328 e. The van der Waals surface area contributed by atoms with E-state index in [1.165, 1.54) is 0 Å². The van der Waals surface area contributed by atoms with Crippen LogP contribution in [0, 0.1) is 16.0 Å². The Hall–Kier alpha value is -1.17. The van der Waals surface area contributed by atoms with Gasteiger partial charge in [-0.15, -0.1) is 12.4 Å². The third-order valence-corrected chi connectivity index (χ3v) is 3.87. The molecule has 6 heteroatoms. The maximum Gasteiger partial charge on any atom is 0.273 e. The topological polar surface area (TPSA) is 72.4 Å². The van der Waals surface area contributed by atoms with Gasteiger partial charge < -0.3 is 5.73 Å². The molecule has 1 aromatic rings. The molecule has 1 heterocycles. The first-order valence-corrected chi connectivity index (χ1v) is 6.78.